The molecule has 1 aromatic rings. The van der Waals surface area contributed by atoms with Crippen molar-refractivity contribution in [2.75, 3.05) is 20.8 Å². The molecule has 1 aromatic carbocycles. The standard InChI is InChI=1S/C19H26N2O6/c1-25-15-9-13(10-16(11-15)26-2)7-8-18(23)27-12-17(22)21-19(24)20-14-5-3-4-6-14/h9-11,14H,3-8,12H2,1-2H3,(H2,20,21,22,24). The maximum atomic E-state index is 11.8. The van der Waals surface area contributed by atoms with Crippen LogP contribution >= 0.6 is 0 Å². The Morgan fingerprint density at radius 2 is 1.67 bits per heavy atom. The summed E-state index contributed by atoms with van der Waals surface area (Å²) in [6, 6.07) is 4.90. The van der Waals surface area contributed by atoms with Crippen molar-refractivity contribution in [3.05, 3.63) is 23.8 Å². The zero-order valence-electron chi connectivity index (χ0n) is 15.7. The average molecular weight is 378 g/mol. The van der Waals surface area contributed by atoms with E-state index in [4.69, 9.17) is 14.2 Å². The van der Waals surface area contributed by atoms with Crippen LogP contribution < -0.4 is 20.1 Å². The maximum absolute atomic E-state index is 11.8. The highest BCUT2D eigenvalue weighted by Crippen LogP contribution is 2.23. The van der Waals surface area contributed by atoms with Gasteiger partial charge in [0.25, 0.3) is 5.91 Å². The monoisotopic (exact) mass is 378 g/mol. The zero-order chi connectivity index (χ0) is 19.6. The summed E-state index contributed by atoms with van der Waals surface area (Å²) < 4.78 is 15.3. The fraction of sp³-hybridized carbons (Fsp3) is 0.526. The van der Waals surface area contributed by atoms with Crippen molar-refractivity contribution < 1.29 is 28.6 Å². The van der Waals surface area contributed by atoms with Gasteiger partial charge in [-0.25, -0.2) is 4.79 Å². The fourth-order valence-corrected chi connectivity index (χ4v) is 2.93. The molecular formula is C19H26N2O6. The van der Waals surface area contributed by atoms with Crippen LogP contribution in [0.1, 0.15) is 37.7 Å². The van der Waals surface area contributed by atoms with Gasteiger partial charge in [0.2, 0.25) is 0 Å². The molecule has 0 aliphatic heterocycles. The molecular weight excluding hydrogens is 352 g/mol. The van der Waals surface area contributed by atoms with E-state index in [1.807, 2.05) is 0 Å². The van der Waals surface area contributed by atoms with E-state index in [0.29, 0.717) is 17.9 Å². The van der Waals surface area contributed by atoms with Crippen LogP contribution in [0.3, 0.4) is 0 Å². The van der Waals surface area contributed by atoms with Gasteiger partial charge in [-0.15, -0.1) is 0 Å². The molecule has 8 nitrogen and oxygen atoms in total. The Balaban J connectivity index is 1.69. The van der Waals surface area contributed by atoms with Crippen molar-refractivity contribution >= 4 is 17.9 Å². The highest BCUT2D eigenvalue weighted by molar-refractivity contribution is 5.95. The second kappa shape index (κ2) is 10.4. The normalized spacial score (nSPS) is 13.7. The summed E-state index contributed by atoms with van der Waals surface area (Å²) in [5.74, 6) is 0.0841. The second-order valence-electron chi connectivity index (χ2n) is 6.38. The van der Waals surface area contributed by atoms with Gasteiger partial charge in [-0.05, 0) is 37.0 Å². The van der Waals surface area contributed by atoms with Gasteiger partial charge in [-0.3, -0.25) is 14.9 Å². The molecule has 0 bridgehead atoms. The van der Waals surface area contributed by atoms with Gasteiger partial charge in [-0.2, -0.15) is 0 Å². The number of amides is 3. The lowest BCUT2D eigenvalue weighted by Gasteiger charge is -2.12. The number of carbonyl (C=O) groups is 3. The third-order valence-corrected chi connectivity index (χ3v) is 4.34. The van der Waals surface area contributed by atoms with Gasteiger partial charge >= 0.3 is 12.0 Å². The molecule has 1 aliphatic rings. The van der Waals surface area contributed by atoms with Crippen molar-refractivity contribution in [3.8, 4) is 11.5 Å². The van der Waals surface area contributed by atoms with E-state index in [2.05, 4.69) is 10.6 Å². The Hall–Kier alpha value is -2.77. The van der Waals surface area contributed by atoms with Gasteiger partial charge in [0.15, 0.2) is 6.61 Å². The van der Waals surface area contributed by atoms with Crippen molar-refractivity contribution in [3.63, 3.8) is 0 Å². The Bertz CT molecular complexity index is 648. The van der Waals surface area contributed by atoms with E-state index >= 15 is 0 Å². The van der Waals surface area contributed by atoms with Gasteiger partial charge < -0.3 is 19.5 Å². The van der Waals surface area contributed by atoms with Crippen molar-refractivity contribution in [2.24, 2.45) is 0 Å². The van der Waals surface area contributed by atoms with Gasteiger partial charge in [0, 0.05) is 18.5 Å². The summed E-state index contributed by atoms with van der Waals surface area (Å²) >= 11 is 0. The Labute approximate surface area is 158 Å². The number of hydrogen-bond donors (Lipinski definition) is 2. The van der Waals surface area contributed by atoms with Gasteiger partial charge in [0.05, 0.1) is 14.2 Å². The molecule has 1 aliphatic carbocycles. The van der Waals surface area contributed by atoms with Crippen molar-refractivity contribution in [1.82, 2.24) is 10.6 Å². The molecule has 2 rings (SSSR count). The van der Waals surface area contributed by atoms with Crippen LogP contribution in [0.2, 0.25) is 0 Å². The zero-order valence-corrected chi connectivity index (χ0v) is 15.7. The predicted molar refractivity (Wildman–Crippen MR) is 97.8 cm³/mol. The Morgan fingerprint density at radius 1 is 1.04 bits per heavy atom. The summed E-state index contributed by atoms with van der Waals surface area (Å²) in [6.07, 6.45) is 4.51. The number of aryl methyl sites for hydroxylation is 1. The maximum Gasteiger partial charge on any atom is 0.321 e. The first-order chi connectivity index (χ1) is 13.0. The van der Waals surface area contributed by atoms with Crippen LogP contribution in [0.25, 0.3) is 0 Å². The number of methoxy groups -OCH3 is 2. The van der Waals surface area contributed by atoms with Gasteiger partial charge in [0.1, 0.15) is 11.5 Å². The lowest BCUT2D eigenvalue weighted by Crippen LogP contribution is -2.45. The van der Waals surface area contributed by atoms with E-state index in [9.17, 15) is 14.4 Å². The first kappa shape index (κ1) is 20.5. The third-order valence-electron chi connectivity index (χ3n) is 4.34. The molecule has 0 atom stereocenters. The molecule has 1 fully saturated rings. The van der Waals surface area contributed by atoms with E-state index in [1.54, 1.807) is 32.4 Å². The highest BCUT2D eigenvalue weighted by atomic mass is 16.5. The van der Waals surface area contributed by atoms with E-state index in [1.165, 1.54) is 0 Å². The molecule has 0 spiro atoms. The number of esters is 1. The van der Waals surface area contributed by atoms with Crippen LogP contribution in [0.4, 0.5) is 4.79 Å². The molecule has 3 amide bonds. The molecule has 8 heteroatoms. The number of rotatable bonds is 8. The quantitative estimate of drug-likeness (QED) is 0.670. The Kier molecular flexibility index (Phi) is 7.91. The number of benzene rings is 1. The molecule has 0 saturated heterocycles. The summed E-state index contributed by atoms with van der Waals surface area (Å²) in [5.41, 5.74) is 0.851. The largest absolute Gasteiger partial charge is 0.497 e. The molecule has 0 aromatic heterocycles. The predicted octanol–water partition coefficient (Wildman–Crippen LogP) is 1.95. The number of ether oxygens (including phenoxy) is 3. The number of urea groups is 1. The molecule has 148 valence electrons. The summed E-state index contributed by atoms with van der Waals surface area (Å²) in [7, 11) is 3.10. The minimum Gasteiger partial charge on any atom is -0.497 e. The minimum atomic E-state index is -0.651. The second-order valence-corrected chi connectivity index (χ2v) is 6.38. The molecule has 2 N–H and O–H groups in total. The lowest BCUT2D eigenvalue weighted by molar-refractivity contribution is -0.148. The van der Waals surface area contributed by atoms with Gasteiger partial charge in [-0.1, -0.05) is 12.8 Å². The smallest absolute Gasteiger partial charge is 0.321 e. The molecule has 1 saturated carbocycles. The average Bonchev–Trinajstić information content (AvgIpc) is 3.17. The number of carbonyl (C=O) groups excluding carboxylic acids is 3. The van der Waals surface area contributed by atoms with Crippen molar-refractivity contribution in [1.29, 1.82) is 0 Å². The lowest BCUT2D eigenvalue weighted by atomic mass is 10.1. The van der Waals surface area contributed by atoms with Crippen LogP contribution in [0.15, 0.2) is 18.2 Å². The third kappa shape index (κ3) is 7.16. The Morgan fingerprint density at radius 3 is 2.26 bits per heavy atom. The summed E-state index contributed by atoms with van der Waals surface area (Å²) in [5, 5.41) is 4.90. The number of imide groups is 1. The SMILES string of the molecule is COc1cc(CCC(=O)OCC(=O)NC(=O)NC2CCCC2)cc(OC)c1. The first-order valence-corrected chi connectivity index (χ1v) is 8.98. The van der Waals surface area contributed by atoms with Crippen LogP contribution in [-0.2, 0) is 20.7 Å². The summed E-state index contributed by atoms with van der Waals surface area (Å²) in [4.78, 5) is 35.2. The van der Waals surface area contributed by atoms with Crippen LogP contribution in [0, 0.1) is 0 Å². The molecule has 0 unspecified atom stereocenters. The topological polar surface area (TPSA) is 103 Å². The molecule has 0 heterocycles. The highest BCUT2D eigenvalue weighted by Gasteiger charge is 2.18. The van der Waals surface area contributed by atoms with E-state index in [0.717, 1.165) is 31.2 Å². The minimum absolute atomic E-state index is 0.0951. The number of nitrogens with one attached hydrogen (secondary N) is 2. The van der Waals surface area contributed by atoms with Crippen molar-refractivity contribution in [2.45, 2.75) is 44.6 Å². The number of hydrogen-bond acceptors (Lipinski definition) is 6. The summed E-state index contributed by atoms with van der Waals surface area (Å²) in [6.45, 7) is -0.488. The van der Waals surface area contributed by atoms with Crippen LogP contribution in [0.5, 0.6) is 11.5 Å². The van der Waals surface area contributed by atoms with Crippen LogP contribution in [-0.4, -0.2) is 44.8 Å². The van der Waals surface area contributed by atoms with E-state index < -0.39 is 24.5 Å². The fourth-order valence-electron chi connectivity index (χ4n) is 2.93. The van der Waals surface area contributed by atoms with E-state index in [-0.39, 0.29) is 12.5 Å². The molecule has 27 heavy (non-hydrogen) atoms. The first-order valence-electron chi connectivity index (χ1n) is 8.98. The molecule has 0 radical (unpaired) electrons.